The lowest BCUT2D eigenvalue weighted by molar-refractivity contribution is -0.122. The lowest BCUT2D eigenvalue weighted by Gasteiger charge is -2.26. The first kappa shape index (κ1) is 20.0. The number of rotatable bonds is 6. The number of anilines is 1. The average Bonchev–Trinajstić information content (AvgIpc) is 2.70. The molecule has 0 radical (unpaired) electrons. The fourth-order valence-corrected chi connectivity index (χ4v) is 3.13. The van der Waals surface area contributed by atoms with Crippen LogP contribution in [-0.4, -0.2) is 12.0 Å². The minimum Gasteiger partial charge on any atom is -0.481 e. The molecule has 144 valence electrons. The van der Waals surface area contributed by atoms with Crippen LogP contribution in [0.5, 0.6) is 5.75 Å². The van der Waals surface area contributed by atoms with Crippen molar-refractivity contribution < 1.29 is 9.53 Å². The van der Waals surface area contributed by atoms with Crippen LogP contribution in [0, 0.1) is 0 Å². The summed E-state index contributed by atoms with van der Waals surface area (Å²) in [7, 11) is 0. The van der Waals surface area contributed by atoms with E-state index in [9.17, 15) is 4.79 Å². The topological polar surface area (TPSA) is 38.3 Å². The van der Waals surface area contributed by atoms with Crippen molar-refractivity contribution in [3.8, 4) is 5.75 Å². The molecule has 0 fully saturated rings. The van der Waals surface area contributed by atoms with Gasteiger partial charge >= 0.3 is 0 Å². The molecular weight excluding hydrogens is 370 g/mol. The smallest absolute Gasteiger partial charge is 0.265 e. The van der Waals surface area contributed by atoms with Gasteiger partial charge in [-0.1, -0.05) is 67.9 Å². The van der Waals surface area contributed by atoms with Crippen LogP contribution in [0.4, 0.5) is 5.69 Å². The molecule has 1 N–H and O–H groups in total. The van der Waals surface area contributed by atoms with E-state index in [0.717, 1.165) is 0 Å². The van der Waals surface area contributed by atoms with Crippen molar-refractivity contribution in [1.82, 2.24) is 0 Å². The molecular formula is C24H24ClNO2. The van der Waals surface area contributed by atoms with Crippen molar-refractivity contribution in [2.45, 2.75) is 32.3 Å². The molecule has 1 unspecified atom stereocenters. The van der Waals surface area contributed by atoms with Crippen LogP contribution in [0.2, 0.25) is 5.02 Å². The number of carbonyl (C=O) groups is 1. The molecule has 0 bridgehead atoms. The van der Waals surface area contributed by atoms with Gasteiger partial charge < -0.3 is 10.1 Å². The zero-order valence-corrected chi connectivity index (χ0v) is 17.0. The number of halogens is 1. The molecule has 0 saturated heterocycles. The first-order chi connectivity index (χ1) is 13.4. The van der Waals surface area contributed by atoms with Crippen molar-refractivity contribution in [3.05, 3.63) is 95.0 Å². The summed E-state index contributed by atoms with van der Waals surface area (Å²) in [6.07, 6.45) is -0.622. The van der Waals surface area contributed by atoms with E-state index in [1.165, 1.54) is 11.1 Å². The van der Waals surface area contributed by atoms with E-state index in [-0.39, 0.29) is 11.3 Å². The average molecular weight is 394 g/mol. The number of hydrogen-bond donors (Lipinski definition) is 1. The highest BCUT2D eigenvalue weighted by molar-refractivity contribution is 6.30. The molecule has 0 aliphatic rings. The predicted molar refractivity (Wildman–Crippen MR) is 115 cm³/mol. The Bertz CT molecular complexity index is 919. The van der Waals surface area contributed by atoms with E-state index < -0.39 is 6.10 Å². The Labute approximate surface area is 171 Å². The Hall–Kier alpha value is -2.78. The molecule has 0 saturated carbocycles. The normalized spacial score (nSPS) is 12.3. The van der Waals surface area contributed by atoms with Gasteiger partial charge in [0.05, 0.1) is 0 Å². The van der Waals surface area contributed by atoms with E-state index in [0.29, 0.717) is 16.5 Å². The summed E-state index contributed by atoms with van der Waals surface area (Å²) in [6, 6.07) is 25.3. The molecule has 1 amide bonds. The Morgan fingerprint density at radius 2 is 1.46 bits per heavy atom. The SMILES string of the molecule is CC(Oc1ccc(C(C)(C)c2ccccc2)cc1)C(=O)Nc1ccc(Cl)cc1. The van der Waals surface area contributed by atoms with Crippen molar-refractivity contribution in [2.75, 3.05) is 5.32 Å². The number of ether oxygens (including phenoxy) is 1. The molecule has 0 aliphatic carbocycles. The van der Waals surface area contributed by atoms with E-state index in [2.05, 4.69) is 43.4 Å². The number of benzene rings is 3. The molecule has 3 aromatic rings. The Morgan fingerprint density at radius 3 is 2.07 bits per heavy atom. The molecule has 0 spiro atoms. The Morgan fingerprint density at radius 1 is 0.893 bits per heavy atom. The largest absolute Gasteiger partial charge is 0.481 e. The van der Waals surface area contributed by atoms with Crippen molar-refractivity contribution in [3.63, 3.8) is 0 Å². The second-order valence-corrected chi connectivity index (χ2v) is 7.71. The molecule has 3 nitrogen and oxygen atoms in total. The molecule has 0 aliphatic heterocycles. The fourth-order valence-electron chi connectivity index (χ4n) is 3.01. The van der Waals surface area contributed by atoms with Crippen molar-refractivity contribution >= 4 is 23.2 Å². The summed E-state index contributed by atoms with van der Waals surface area (Å²) in [5.41, 5.74) is 3.01. The molecule has 0 heterocycles. The van der Waals surface area contributed by atoms with Crippen LogP contribution < -0.4 is 10.1 Å². The Kier molecular flexibility index (Phi) is 6.05. The predicted octanol–water partition coefficient (Wildman–Crippen LogP) is 6.07. The first-order valence-electron chi connectivity index (χ1n) is 9.25. The monoisotopic (exact) mass is 393 g/mol. The van der Waals surface area contributed by atoms with Gasteiger partial charge in [-0.25, -0.2) is 0 Å². The van der Waals surface area contributed by atoms with E-state index in [1.807, 2.05) is 30.3 Å². The molecule has 4 heteroatoms. The van der Waals surface area contributed by atoms with Crippen LogP contribution in [0.25, 0.3) is 0 Å². The fraction of sp³-hybridized carbons (Fsp3) is 0.208. The van der Waals surface area contributed by atoms with Crippen LogP contribution in [0.15, 0.2) is 78.9 Å². The van der Waals surface area contributed by atoms with Crippen LogP contribution in [0.3, 0.4) is 0 Å². The number of carbonyl (C=O) groups excluding carboxylic acids is 1. The summed E-state index contributed by atoms with van der Waals surface area (Å²) >= 11 is 5.86. The van der Waals surface area contributed by atoms with Gasteiger partial charge in [0.1, 0.15) is 5.75 Å². The summed E-state index contributed by atoms with van der Waals surface area (Å²) in [4.78, 5) is 12.3. The van der Waals surface area contributed by atoms with Crippen LogP contribution in [0.1, 0.15) is 31.9 Å². The van der Waals surface area contributed by atoms with Gasteiger partial charge in [-0.2, -0.15) is 0 Å². The zero-order chi connectivity index (χ0) is 20.1. The maximum Gasteiger partial charge on any atom is 0.265 e. The number of hydrogen-bond acceptors (Lipinski definition) is 2. The van der Waals surface area contributed by atoms with E-state index in [4.69, 9.17) is 16.3 Å². The lowest BCUT2D eigenvalue weighted by atomic mass is 9.78. The second-order valence-electron chi connectivity index (χ2n) is 7.27. The highest BCUT2D eigenvalue weighted by atomic mass is 35.5. The minimum absolute atomic E-state index is 0.114. The number of amides is 1. The summed E-state index contributed by atoms with van der Waals surface area (Å²) in [5.74, 6) is 0.447. The van der Waals surface area contributed by atoms with Gasteiger partial charge in [-0.05, 0) is 54.4 Å². The zero-order valence-electron chi connectivity index (χ0n) is 16.3. The third kappa shape index (κ3) is 4.73. The molecule has 3 aromatic carbocycles. The third-order valence-electron chi connectivity index (χ3n) is 4.87. The highest BCUT2D eigenvalue weighted by Crippen LogP contribution is 2.32. The lowest BCUT2D eigenvalue weighted by Crippen LogP contribution is -2.30. The van der Waals surface area contributed by atoms with Crippen LogP contribution >= 0.6 is 11.6 Å². The van der Waals surface area contributed by atoms with Crippen LogP contribution in [-0.2, 0) is 10.2 Å². The van der Waals surface area contributed by atoms with Gasteiger partial charge in [-0.15, -0.1) is 0 Å². The number of nitrogens with one attached hydrogen (secondary N) is 1. The summed E-state index contributed by atoms with van der Waals surface area (Å²) in [5, 5.41) is 3.45. The van der Waals surface area contributed by atoms with E-state index >= 15 is 0 Å². The van der Waals surface area contributed by atoms with Gasteiger partial charge in [-0.3, -0.25) is 4.79 Å². The highest BCUT2D eigenvalue weighted by Gasteiger charge is 2.23. The first-order valence-corrected chi connectivity index (χ1v) is 9.63. The van der Waals surface area contributed by atoms with Gasteiger partial charge in [0, 0.05) is 16.1 Å². The maximum absolute atomic E-state index is 12.3. The van der Waals surface area contributed by atoms with E-state index in [1.54, 1.807) is 31.2 Å². The van der Waals surface area contributed by atoms with Gasteiger partial charge in [0.15, 0.2) is 6.10 Å². The molecule has 28 heavy (non-hydrogen) atoms. The minimum atomic E-state index is -0.622. The maximum atomic E-state index is 12.3. The van der Waals surface area contributed by atoms with Crippen molar-refractivity contribution in [1.29, 1.82) is 0 Å². The van der Waals surface area contributed by atoms with Crippen molar-refractivity contribution in [2.24, 2.45) is 0 Å². The third-order valence-corrected chi connectivity index (χ3v) is 5.12. The van der Waals surface area contributed by atoms with Gasteiger partial charge in [0.25, 0.3) is 5.91 Å². The summed E-state index contributed by atoms with van der Waals surface area (Å²) in [6.45, 7) is 6.12. The molecule has 0 aromatic heterocycles. The standard InChI is InChI=1S/C24H24ClNO2/c1-17(23(27)26-21-13-11-20(25)12-14-21)28-22-15-9-19(10-16-22)24(2,3)18-7-5-4-6-8-18/h4-17H,1-3H3,(H,26,27). The summed E-state index contributed by atoms with van der Waals surface area (Å²) < 4.78 is 5.81. The Balaban J connectivity index is 1.65. The van der Waals surface area contributed by atoms with Gasteiger partial charge in [0.2, 0.25) is 0 Å². The quantitative estimate of drug-likeness (QED) is 0.551. The molecule has 1 atom stereocenters. The molecule has 3 rings (SSSR count). The second kappa shape index (κ2) is 8.49.